The largest absolute Gasteiger partial charge is 0.365 e. The molecule has 0 aromatic heterocycles. The van der Waals surface area contributed by atoms with Crippen LogP contribution in [0.4, 0.5) is 0 Å². The van der Waals surface area contributed by atoms with E-state index in [-0.39, 0.29) is 0 Å². The Morgan fingerprint density at radius 2 is 2.22 bits per heavy atom. The highest BCUT2D eigenvalue weighted by atomic mass is 35.5. The Kier molecular flexibility index (Phi) is 4.18. The number of carbonyl (C=O) groups is 1. The first kappa shape index (κ1) is 14.7. The molecule has 0 aromatic rings. The topological polar surface area (TPSA) is 92.8 Å². The molecule has 1 amide bonds. The first-order chi connectivity index (χ1) is 8.17. The van der Waals surface area contributed by atoms with Crippen LogP contribution in [0, 0.1) is 0 Å². The van der Waals surface area contributed by atoms with Gasteiger partial charge in [-0.1, -0.05) is 17.7 Å². The Hall–Kier alpha value is -1.34. The predicted octanol–water partition coefficient (Wildman–Crippen LogP) is 0.211. The number of primary amides is 1. The van der Waals surface area contributed by atoms with Crippen LogP contribution >= 0.6 is 11.6 Å². The van der Waals surface area contributed by atoms with E-state index in [4.69, 9.17) is 17.3 Å². The van der Waals surface area contributed by atoms with Gasteiger partial charge in [0.2, 0.25) is 0 Å². The second kappa shape index (κ2) is 5.11. The summed E-state index contributed by atoms with van der Waals surface area (Å²) >= 11 is 6.04. The van der Waals surface area contributed by atoms with Crippen molar-refractivity contribution in [2.45, 2.75) is 18.1 Å². The van der Waals surface area contributed by atoms with Crippen LogP contribution in [0.25, 0.3) is 0 Å². The molecule has 0 saturated carbocycles. The van der Waals surface area contributed by atoms with Crippen molar-refractivity contribution in [3.05, 3.63) is 23.8 Å². The van der Waals surface area contributed by atoms with Crippen LogP contribution in [0.5, 0.6) is 0 Å². The van der Waals surface area contributed by atoms with E-state index in [1.54, 1.807) is 13.0 Å². The number of nitrogens with zero attached hydrogens (tertiary/aromatic N) is 2. The molecular formula is C10H14ClN3O3S. The molecule has 2 N–H and O–H groups in total. The lowest BCUT2D eigenvalue weighted by atomic mass is 10.2. The minimum absolute atomic E-state index is 0.460. The average Bonchev–Trinajstić information content (AvgIpc) is 2.25. The van der Waals surface area contributed by atoms with Crippen LogP contribution in [0.3, 0.4) is 0 Å². The fourth-order valence-corrected chi connectivity index (χ4v) is 2.16. The number of amides is 1. The van der Waals surface area contributed by atoms with Crippen molar-refractivity contribution < 1.29 is 13.2 Å². The van der Waals surface area contributed by atoms with E-state index in [9.17, 15) is 13.2 Å². The third-order valence-corrected chi connectivity index (χ3v) is 3.41. The Morgan fingerprint density at radius 1 is 1.61 bits per heavy atom. The van der Waals surface area contributed by atoms with Crippen molar-refractivity contribution >= 4 is 33.6 Å². The van der Waals surface area contributed by atoms with Crippen molar-refractivity contribution in [3.8, 4) is 0 Å². The summed E-state index contributed by atoms with van der Waals surface area (Å²) in [7, 11) is -3.24. The number of halogens is 1. The number of hydrogen-bond donors (Lipinski definition) is 1. The molecule has 0 bridgehead atoms. The second-order valence-electron chi connectivity index (χ2n) is 3.88. The van der Waals surface area contributed by atoms with E-state index in [0.29, 0.717) is 0 Å². The first-order valence-corrected chi connectivity index (χ1v) is 7.37. The third kappa shape index (κ3) is 3.33. The van der Waals surface area contributed by atoms with Gasteiger partial charge in [-0.15, -0.1) is 0 Å². The van der Waals surface area contributed by atoms with Gasteiger partial charge in [0.05, 0.1) is 0 Å². The zero-order valence-electron chi connectivity index (χ0n) is 9.95. The van der Waals surface area contributed by atoms with E-state index in [1.807, 2.05) is 0 Å². The first-order valence-electron chi connectivity index (χ1n) is 5.04. The quantitative estimate of drug-likeness (QED) is 0.592. The van der Waals surface area contributed by atoms with E-state index in [2.05, 4.69) is 4.99 Å². The minimum atomic E-state index is -3.24. The SMILES string of the molecule is C[C@H](/C=C/S(C)(=O)=O)N1C=CC=NC1(Cl)C(N)=O. The summed E-state index contributed by atoms with van der Waals surface area (Å²) in [6, 6.07) is -0.460. The molecule has 1 rings (SSSR count). The third-order valence-electron chi connectivity index (χ3n) is 2.28. The number of hydrogen-bond acceptors (Lipinski definition) is 5. The van der Waals surface area contributed by atoms with Gasteiger partial charge in [-0.2, -0.15) is 0 Å². The van der Waals surface area contributed by atoms with Crippen molar-refractivity contribution in [1.82, 2.24) is 4.90 Å². The van der Waals surface area contributed by atoms with Crippen molar-refractivity contribution in [1.29, 1.82) is 0 Å². The monoisotopic (exact) mass is 291 g/mol. The van der Waals surface area contributed by atoms with Gasteiger partial charge >= 0.3 is 0 Å². The number of rotatable bonds is 4. The fraction of sp³-hybridized carbons (Fsp3) is 0.400. The summed E-state index contributed by atoms with van der Waals surface area (Å²) in [5, 5.41) is -0.682. The molecule has 0 saturated heterocycles. The Morgan fingerprint density at radius 3 is 2.72 bits per heavy atom. The van der Waals surface area contributed by atoms with Gasteiger partial charge < -0.3 is 10.6 Å². The van der Waals surface area contributed by atoms with Gasteiger partial charge in [0.1, 0.15) is 0 Å². The van der Waals surface area contributed by atoms with Crippen molar-refractivity contribution in [3.63, 3.8) is 0 Å². The standard InChI is InChI=1S/C10H14ClN3O3S/c1-8(4-7-18(2,16)17)14-6-3-5-13-10(14,11)9(12)15/h3-8H,1-2H3,(H2,12,15)/b7-4+/t8-,10?/m1/s1. The molecule has 1 aliphatic rings. The molecule has 0 aromatic carbocycles. The molecule has 1 aliphatic heterocycles. The number of allylic oxidation sites excluding steroid dienone is 1. The second-order valence-corrected chi connectivity index (χ2v) is 6.34. The number of sulfone groups is 1. The summed E-state index contributed by atoms with van der Waals surface area (Å²) in [5.74, 6) is -0.829. The normalized spacial score (nSPS) is 25.6. The molecule has 0 spiro atoms. The summed E-state index contributed by atoms with van der Waals surface area (Å²) in [4.78, 5) is 16.6. The molecule has 18 heavy (non-hydrogen) atoms. The van der Waals surface area contributed by atoms with E-state index < -0.39 is 26.9 Å². The number of alkyl halides is 1. The molecule has 2 atom stereocenters. The van der Waals surface area contributed by atoms with Gasteiger partial charge in [-0.05, 0) is 13.0 Å². The molecule has 8 heteroatoms. The van der Waals surface area contributed by atoms with Gasteiger partial charge in [-0.25, -0.2) is 13.4 Å². The molecule has 1 heterocycles. The van der Waals surface area contributed by atoms with E-state index in [0.717, 1.165) is 11.7 Å². The molecule has 0 fully saturated rings. The highest BCUT2D eigenvalue weighted by molar-refractivity contribution is 7.93. The molecule has 6 nitrogen and oxygen atoms in total. The lowest BCUT2D eigenvalue weighted by Crippen LogP contribution is -2.53. The summed E-state index contributed by atoms with van der Waals surface area (Å²) in [6.07, 6.45) is 6.95. The number of aliphatic imine (C=N–C) groups is 1. The maximum absolute atomic E-state index is 11.4. The molecule has 1 unspecified atom stereocenters. The molecule has 100 valence electrons. The Balaban J connectivity index is 3.01. The average molecular weight is 292 g/mol. The minimum Gasteiger partial charge on any atom is -0.365 e. The van der Waals surface area contributed by atoms with Crippen LogP contribution in [0.1, 0.15) is 6.92 Å². The van der Waals surface area contributed by atoms with Gasteiger partial charge in [-0.3, -0.25) is 4.79 Å². The van der Waals surface area contributed by atoms with Crippen LogP contribution in [-0.4, -0.2) is 42.9 Å². The van der Waals surface area contributed by atoms with E-state index in [1.165, 1.54) is 23.4 Å². The van der Waals surface area contributed by atoms with Crippen molar-refractivity contribution in [2.75, 3.05) is 6.26 Å². The maximum Gasteiger partial charge on any atom is 0.289 e. The molecule has 0 aliphatic carbocycles. The van der Waals surface area contributed by atoms with Gasteiger partial charge in [0.25, 0.3) is 11.0 Å². The van der Waals surface area contributed by atoms with Crippen LogP contribution in [0.15, 0.2) is 28.8 Å². The highest BCUT2D eigenvalue weighted by Crippen LogP contribution is 2.27. The molecular weight excluding hydrogens is 278 g/mol. The lowest BCUT2D eigenvalue weighted by Gasteiger charge is -2.37. The maximum atomic E-state index is 11.4. The van der Waals surface area contributed by atoms with E-state index >= 15 is 0 Å². The number of nitrogens with two attached hydrogens (primary N) is 1. The predicted molar refractivity (Wildman–Crippen MR) is 70.7 cm³/mol. The highest BCUT2D eigenvalue weighted by Gasteiger charge is 2.41. The van der Waals surface area contributed by atoms with Gasteiger partial charge in [0.15, 0.2) is 9.84 Å². The lowest BCUT2D eigenvalue weighted by molar-refractivity contribution is -0.124. The summed E-state index contributed by atoms with van der Waals surface area (Å²) in [5.41, 5.74) is 5.21. The van der Waals surface area contributed by atoms with Crippen LogP contribution < -0.4 is 5.73 Å². The number of carbonyl (C=O) groups excluding carboxylic acids is 1. The zero-order valence-corrected chi connectivity index (χ0v) is 11.5. The summed E-state index contributed by atoms with van der Waals surface area (Å²) < 4.78 is 22.1. The van der Waals surface area contributed by atoms with Crippen molar-refractivity contribution in [2.24, 2.45) is 10.7 Å². The smallest absolute Gasteiger partial charge is 0.289 e. The Labute approximate surface area is 111 Å². The van der Waals surface area contributed by atoms with Crippen LogP contribution in [-0.2, 0) is 14.6 Å². The Bertz CT molecular complexity index is 526. The molecule has 0 radical (unpaired) electrons. The zero-order chi connectivity index (χ0) is 14.0. The van der Waals surface area contributed by atoms with Gasteiger partial charge in [0, 0.05) is 30.1 Å². The van der Waals surface area contributed by atoms with Crippen LogP contribution in [0.2, 0.25) is 0 Å². The fourth-order valence-electron chi connectivity index (χ4n) is 1.38. The summed E-state index contributed by atoms with van der Waals surface area (Å²) in [6.45, 7) is 1.67.